The number of esters is 1. The monoisotopic (exact) mass is 391 g/mol. The zero-order valence-corrected chi connectivity index (χ0v) is 15.6. The number of aliphatic hydroxyl groups is 1. The van der Waals surface area contributed by atoms with Crippen molar-refractivity contribution in [2.45, 2.75) is 30.3 Å². The van der Waals surface area contributed by atoms with Gasteiger partial charge in [-0.3, -0.25) is 9.59 Å². The van der Waals surface area contributed by atoms with Gasteiger partial charge in [0, 0.05) is 30.3 Å². The van der Waals surface area contributed by atoms with E-state index in [0.29, 0.717) is 19.3 Å². The topological polar surface area (TPSA) is 103 Å². The number of aliphatic hydroxyl groups excluding tert-OH is 1. The lowest BCUT2D eigenvalue weighted by Crippen LogP contribution is -2.33. The van der Waals surface area contributed by atoms with E-state index in [-0.39, 0.29) is 16.2 Å². The number of hydrogen-bond acceptors (Lipinski definition) is 6. The molecule has 1 heterocycles. The first-order valence-electron chi connectivity index (χ1n) is 8.63. The molecule has 1 aliphatic rings. The SMILES string of the molecule is COC(=O)C(C1CCCC1=O)C(O)c1ccn(S(=O)(=O)c2ccccc2)c1. The summed E-state index contributed by atoms with van der Waals surface area (Å²) in [5.74, 6) is -2.44. The highest BCUT2D eigenvalue weighted by molar-refractivity contribution is 7.90. The first-order valence-corrected chi connectivity index (χ1v) is 10.1. The minimum atomic E-state index is -3.81. The van der Waals surface area contributed by atoms with Crippen molar-refractivity contribution in [1.29, 1.82) is 0 Å². The molecule has 1 fully saturated rings. The summed E-state index contributed by atoms with van der Waals surface area (Å²) in [4.78, 5) is 24.4. The largest absolute Gasteiger partial charge is 0.469 e. The maximum absolute atomic E-state index is 12.7. The van der Waals surface area contributed by atoms with Gasteiger partial charge in [0.1, 0.15) is 5.78 Å². The van der Waals surface area contributed by atoms with E-state index in [1.807, 2.05) is 0 Å². The molecule has 1 aromatic carbocycles. The summed E-state index contributed by atoms with van der Waals surface area (Å²) in [7, 11) is -2.61. The molecule has 8 heteroatoms. The van der Waals surface area contributed by atoms with Crippen LogP contribution >= 0.6 is 0 Å². The fourth-order valence-corrected chi connectivity index (χ4v) is 4.74. The Balaban J connectivity index is 1.92. The number of benzene rings is 1. The second kappa shape index (κ2) is 7.66. The van der Waals surface area contributed by atoms with Gasteiger partial charge in [-0.05, 0) is 31.0 Å². The Hall–Kier alpha value is -2.45. The van der Waals surface area contributed by atoms with Crippen LogP contribution in [0.3, 0.4) is 0 Å². The van der Waals surface area contributed by atoms with Crippen LogP contribution in [0.2, 0.25) is 0 Å². The molecule has 3 rings (SSSR count). The van der Waals surface area contributed by atoms with Crippen LogP contribution in [-0.4, -0.2) is 36.4 Å². The van der Waals surface area contributed by atoms with E-state index in [2.05, 4.69) is 0 Å². The third-order valence-electron chi connectivity index (χ3n) is 4.95. The van der Waals surface area contributed by atoms with Crippen LogP contribution in [0.15, 0.2) is 53.7 Å². The second-order valence-electron chi connectivity index (χ2n) is 6.55. The Bertz CT molecular complexity index is 934. The molecule has 1 N–H and O–H groups in total. The van der Waals surface area contributed by atoms with E-state index >= 15 is 0 Å². The molecule has 0 aliphatic heterocycles. The minimum Gasteiger partial charge on any atom is -0.469 e. The van der Waals surface area contributed by atoms with Crippen LogP contribution in [0.1, 0.15) is 30.9 Å². The van der Waals surface area contributed by atoms with Gasteiger partial charge in [0.25, 0.3) is 10.0 Å². The highest BCUT2D eigenvalue weighted by atomic mass is 32.2. The molecule has 1 aliphatic carbocycles. The molecule has 3 atom stereocenters. The zero-order valence-electron chi connectivity index (χ0n) is 14.8. The highest BCUT2D eigenvalue weighted by Crippen LogP contribution is 2.37. The van der Waals surface area contributed by atoms with Gasteiger partial charge in [-0.15, -0.1) is 0 Å². The van der Waals surface area contributed by atoms with Crippen LogP contribution in [0.25, 0.3) is 0 Å². The average Bonchev–Trinajstić information content (AvgIpc) is 3.32. The molecule has 3 unspecified atom stereocenters. The Morgan fingerprint density at radius 1 is 1.26 bits per heavy atom. The van der Waals surface area contributed by atoms with Crippen molar-refractivity contribution in [3.05, 3.63) is 54.4 Å². The van der Waals surface area contributed by atoms with Gasteiger partial charge in [-0.1, -0.05) is 18.2 Å². The molecule has 0 amide bonds. The first kappa shape index (κ1) is 19.3. The van der Waals surface area contributed by atoms with Crippen LogP contribution in [0, 0.1) is 11.8 Å². The maximum Gasteiger partial charge on any atom is 0.312 e. The lowest BCUT2D eigenvalue weighted by Gasteiger charge is -2.24. The van der Waals surface area contributed by atoms with Gasteiger partial charge in [0.15, 0.2) is 0 Å². The molecule has 2 aromatic rings. The van der Waals surface area contributed by atoms with Crippen molar-refractivity contribution in [2.24, 2.45) is 11.8 Å². The second-order valence-corrected chi connectivity index (χ2v) is 8.39. The molecule has 1 aromatic heterocycles. The maximum atomic E-state index is 12.7. The molecule has 0 radical (unpaired) electrons. The summed E-state index contributed by atoms with van der Waals surface area (Å²) in [5.41, 5.74) is 0.240. The number of ketones is 1. The summed E-state index contributed by atoms with van der Waals surface area (Å²) in [6.45, 7) is 0. The lowest BCUT2D eigenvalue weighted by molar-refractivity contribution is -0.154. The molecule has 7 nitrogen and oxygen atoms in total. The number of carbonyl (C=O) groups excluding carboxylic acids is 2. The molecular weight excluding hydrogens is 370 g/mol. The number of nitrogens with zero attached hydrogens (tertiary/aromatic N) is 1. The molecule has 0 bridgehead atoms. The summed E-state index contributed by atoms with van der Waals surface area (Å²) < 4.78 is 31.1. The fourth-order valence-electron chi connectivity index (χ4n) is 3.51. The Labute approximate surface area is 157 Å². The number of methoxy groups -OCH3 is 1. The Morgan fingerprint density at radius 3 is 2.56 bits per heavy atom. The van der Waals surface area contributed by atoms with Crippen molar-refractivity contribution in [2.75, 3.05) is 7.11 Å². The van der Waals surface area contributed by atoms with E-state index in [4.69, 9.17) is 4.74 Å². The number of hydrogen-bond donors (Lipinski definition) is 1. The summed E-state index contributed by atoms with van der Waals surface area (Å²) in [5, 5.41) is 10.7. The van der Waals surface area contributed by atoms with Gasteiger partial charge < -0.3 is 9.84 Å². The van der Waals surface area contributed by atoms with Gasteiger partial charge in [0.2, 0.25) is 0 Å². The number of Topliss-reactive ketones (excluding diaryl/α,β-unsaturated/α-hetero) is 1. The summed E-state index contributed by atoms with van der Waals surface area (Å²) in [6, 6.07) is 9.32. The molecule has 144 valence electrons. The van der Waals surface area contributed by atoms with E-state index in [0.717, 1.165) is 3.97 Å². The molecule has 27 heavy (non-hydrogen) atoms. The van der Waals surface area contributed by atoms with E-state index in [1.165, 1.54) is 37.7 Å². The highest BCUT2D eigenvalue weighted by Gasteiger charge is 2.42. The Morgan fingerprint density at radius 2 is 1.96 bits per heavy atom. The minimum absolute atomic E-state index is 0.0826. The van der Waals surface area contributed by atoms with Crippen molar-refractivity contribution in [3.63, 3.8) is 0 Å². The van der Waals surface area contributed by atoms with E-state index < -0.39 is 33.9 Å². The van der Waals surface area contributed by atoms with Crippen LogP contribution in [0.5, 0.6) is 0 Å². The normalized spacial score (nSPS) is 19.6. The van der Waals surface area contributed by atoms with Crippen molar-refractivity contribution >= 4 is 21.8 Å². The third-order valence-corrected chi connectivity index (χ3v) is 6.60. The van der Waals surface area contributed by atoms with Crippen LogP contribution in [-0.2, 0) is 24.3 Å². The van der Waals surface area contributed by atoms with Gasteiger partial charge in [0.05, 0.1) is 24.0 Å². The summed E-state index contributed by atoms with van der Waals surface area (Å²) in [6.07, 6.45) is 2.77. The zero-order chi connectivity index (χ0) is 19.6. The van der Waals surface area contributed by atoms with Crippen LogP contribution in [0.4, 0.5) is 0 Å². The van der Waals surface area contributed by atoms with Crippen molar-refractivity contribution in [3.8, 4) is 0 Å². The Kier molecular flexibility index (Phi) is 5.48. The van der Waals surface area contributed by atoms with Crippen LogP contribution < -0.4 is 0 Å². The smallest absolute Gasteiger partial charge is 0.312 e. The number of rotatable bonds is 6. The quantitative estimate of drug-likeness (QED) is 0.755. The predicted octanol–water partition coefficient (Wildman–Crippen LogP) is 1.92. The molecule has 0 saturated heterocycles. The number of carbonyl (C=O) groups is 2. The van der Waals surface area contributed by atoms with Gasteiger partial charge in [-0.25, -0.2) is 12.4 Å². The van der Waals surface area contributed by atoms with Gasteiger partial charge >= 0.3 is 5.97 Å². The van der Waals surface area contributed by atoms with Gasteiger partial charge in [-0.2, -0.15) is 0 Å². The van der Waals surface area contributed by atoms with E-state index in [9.17, 15) is 23.1 Å². The molecule has 1 saturated carbocycles. The molecule has 0 spiro atoms. The number of aromatic nitrogens is 1. The molecular formula is C19H21NO6S. The summed E-state index contributed by atoms with van der Waals surface area (Å²) >= 11 is 0. The average molecular weight is 391 g/mol. The third kappa shape index (κ3) is 3.68. The first-order chi connectivity index (χ1) is 12.9. The lowest BCUT2D eigenvalue weighted by atomic mass is 9.83. The van der Waals surface area contributed by atoms with Crippen molar-refractivity contribution < 1.29 is 27.9 Å². The standard InChI is InChI=1S/C19H21NO6S/c1-26-19(23)17(15-8-5-9-16(15)21)18(22)13-10-11-20(12-13)27(24,25)14-6-3-2-4-7-14/h2-4,6-7,10-12,15,17-18,22H,5,8-9H2,1H3. The van der Waals surface area contributed by atoms with E-state index in [1.54, 1.807) is 18.2 Å². The number of ether oxygens (including phenoxy) is 1. The predicted molar refractivity (Wildman–Crippen MR) is 96.3 cm³/mol. The van der Waals surface area contributed by atoms with Crippen molar-refractivity contribution in [1.82, 2.24) is 3.97 Å². The fraction of sp³-hybridized carbons (Fsp3) is 0.368.